The maximum Gasteiger partial charge on any atom is 0.241 e. The number of aryl methyl sites for hydroxylation is 4. The Morgan fingerprint density at radius 3 is 1.37 bits per heavy atom. The minimum atomic E-state index is -3.76. The molecule has 2 N–H and O–H groups in total. The Balaban J connectivity index is 1.84. The summed E-state index contributed by atoms with van der Waals surface area (Å²) >= 11 is 0. The molecule has 2 aromatic rings. The first-order valence-electron chi connectivity index (χ1n) is 10.2. The fraction of sp³-hybridized carbons (Fsp3) is 0.455. The minimum Gasteiger partial charge on any atom is -0.207 e. The van der Waals surface area contributed by atoms with Crippen molar-refractivity contribution >= 4 is 20.0 Å². The SMILES string of the molecule is Cc1ccc(S(=O)(=O)N[C@@H]2CCCC[C@H]2NS(=O)(=O)c2ccc(C)cc2C)c(C)c1. The van der Waals surface area contributed by atoms with Gasteiger partial charge in [0.2, 0.25) is 20.0 Å². The molecule has 1 fully saturated rings. The first-order chi connectivity index (χ1) is 14.0. The van der Waals surface area contributed by atoms with Crippen LogP contribution in [0.25, 0.3) is 0 Å². The Kier molecular flexibility index (Phi) is 6.72. The first-order valence-corrected chi connectivity index (χ1v) is 13.2. The highest BCUT2D eigenvalue weighted by molar-refractivity contribution is 7.90. The van der Waals surface area contributed by atoms with E-state index in [1.807, 2.05) is 26.0 Å². The molecule has 0 unspecified atom stereocenters. The van der Waals surface area contributed by atoms with E-state index < -0.39 is 32.1 Å². The lowest BCUT2D eigenvalue weighted by Crippen LogP contribution is -2.53. The maximum absolute atomic E-state index is 13.0. The lowest BCUT2D eigenvalue weighted by molar-refractivity contribution is 0.340. The Morgan fingerprint density at radius 1 is 0.667 bits per heavy atom. The third-order valence-corrected chi connectivity index (χ3v) is 8.92. The number of hydrogen-bond acceptors (Lipinski definition) is 4. The topological polar surface area (TPSA) is 92.3 Å². The van der Waals surface area contributed by atoms with Gasteiger partial charge < -0.3 is 0 Å². The van der Waals surface area contributed by atoms with E-state index >= 15 is 0 Å². The van der Waals surface area contributed by atoms with Crippen LogP contribution < -0.4 is 9.44 Å². The summed E-state index contributed by atoms with van der Waals surface area (Å²) in [6.07, 6.45) is 2.87. The number of benzene rings is 2. The van der Waals surface area contributed by atoms with Gasteiger partial charge in [0.1, 0.15) is 0 Å². The second-order valence-corrected chi connectivity index (χ2v) is 11.6. The van der Waals surface area contributed by atoms with Crippen LogP contribution in [-0.4, -0.2) is 28.9 Å². The molecule has 0 heterocycles. The monoisotopic (exact) mass is 450 g/mol. The summed E-state index contributed by atoms with van der Waals surface area (Å²) < 4.78 is 57.6. The molecule has 0 bridgehead atoms. The summed E-state index contributed by atoms with van der Waals surface area (Å²) in [6, 6.07) is 9.40. The van der Waals surface area contributed by atoms with Crippen LogP contribution >= 0.6 is 0 Å². The fourth-order valence-corrected chi connectivity index (χ4v) is 7.22. The largest absolute Gasteiger partial charge is 0.241 e. The molecule has 1 aliphatic carbocycles. The molecule has 0 aliphatic heterocycles. The van der Waals surface area contributed by atoms with Crippen molar-refractivity contribution in [1.29, 1.82) is 0 Å². The van der Waals surface area contributed by atoms with Crippen molar-refractivity contribution in [3.05, 3.63) is 58.7 Å². The molecule has 2 aromatic carbocycles. The third-order valence-electron chi connectivity index (χ3n) is 5.62. The number of sulfonamides is 2. The van der Waals surface area contributed by atoms with Crippen LogP contribution in [0.2, 0.25) is 0 Å². The number of hydrogen-bond donors (Lipinski definition) is 2. The van der Waals surface area contributed by atoms with Gasteiger partial charge in [0.25, 0.3) is 0 Å². The Hall–Kier alpha value is -1.74. The lowest BCUT2D eigenvalue weighted by Gasteiger charge is -2.32. The van der Waals surface area contributed by atoms with Gasteiger partial charge in [-0.05, 0) is 63.8 Å². The van der Waals surface area contributed by atoms with E-state index in [0.717, 1.165) is 24.0 Å². The van der Waals surface area contributed by atoms with Crippen LogP contribution in [0.15, 0.2) is 46.2 Å². The molecule has 8 heteroatoms. The van der Waals surface area contributed by atoms with Crippen LogP contribution in [0.5, 0.6) is 0 Å². The summed E-state index contributed by atoms with van der Waals surface area (Å²) in [7, 11) is -7.52. The minimum absolute atomic E-state index is 0.231. The zero-order chi connectivity index (χ0) is 22.1. The summed E-state index contributed by atoms with van der Waals surface area (Å²) in [5.41, 5.74) is 3.32. The van der Waals surface area contributed by atoms with Crippen molar-refractivity contribution in [3.8, 4) is 0 Å². The normalized spacial score (nSPS) is 20.3. The van der Waals surface area contributed by atoms with Gasteiger partial charge in [0, 0.05) is 12.1 Å². The predicted molar refractivity (Wildman–Crippen MR) is 119 cm³/mol. The molecule has 1 saturated carbocycles. The summed E-state index contributed by atoms with van der Waals surface area (Å²) in [5, 5.41) is 0. The molecule has 0 aromatic heterocycles. The van der Waals surface area contributed by atoms with Crippen molar-refractivity contribution in [2.45, 2.75) is 75.3 Å². The maximum atomic E-state index is 13.0. The van der Waals surface area contributed by atoms with Gasteiger partial charge in [0.05, 0.1) is 9.79 Å². The van der Waals surface area contributed by atoms with E-state index in [0.29, 0.717) is 24.0 Å². The lowest BCUT2D eigenvalue weighted by atomic mass is 9.92. The van der Waals surface area contributed by atoms with Crippen LogP contribution in [0.3, 0.4) is 0 Å². The quantitative estimate of drug-likeness (QED) is 0.705. The Morgan fingerprint density at radius 2 is 1.03 bits per heavy atom. The average molecular weight is 451 g/mol. The molecule has 0 spiro atoms. The van der Waals surface area contributed by atoms with Crippen LogP contribution in [-0.2, 0) is 20.0 Å². The Bertz CT molecular complexity index is 1050. The molecule has 164 valence electrons. The smallest absolute Gasteiger partial charge is 0.207 e. The van der Waals surface area contributed by atoms with E-state index in [-0.39, 0.29) is 9.79 Å². The van der Waals surface area contributed by atoms with Crippen molar-refractivity contribution in [2.24, 2.45) is 0 Å². The van der Waals surface area contributed by atoms with Gasteiger partial charge in [-0.2, -0.15) is 0 Å². The van der Waals surface area contributed by atoms with Gasteiger partial charge in [-0.25, -0.2) is 26.3 Å². The highest BCUT2D eigenvalue weighted by Crippen LogP contribution is 2.25. The van der Waals surface area contributed by atoms with Gasteiger partial charge in [-0.3, -0.25) is 0 Å². The van der Waals surface area contributed by atoms with E-state index in [4.69, 9.17) is 0 Å². The van der Waals surface area contributed by atoms with Crippen molar-refractivity contribution in [1.82, 2.24) is 9.44 Å². The first kappa shape index (κ1) is 22.9. The molecule has 30 heavy (non-hydrogen) atoms. The van der Waals surface area contributed by atoms with Crippen LogP contribution in [0.1, 0.15) is 47.9 Å². The molecule has 2 atom stereocenters. The second-order valence-electron chi connectivity index (χ2n) is 8.28. The highest BCUT2D eigenvalue weighted by Gasteiger charge is 2.33. The number of rotatable bonds is 6. The molecule has 6 nitrogen and oxygen atoms in total. The summed E-state index contributed by atoms with van der Waals surface area (Å²) in [4.78, 5) is 0.462. The molecular weight excluding hydrogens is 420 g/mol. The van der Waals surface area contributed by atoms with Crippen molar-refractivity contribution < 1.29 is 16.8 Å². The zero-order valence-corrected chi connectivity index (χ0v) is 19.5. The summed E-state index contributed by atoms with van der Waals surface area (Å²) in [6.45, 7) is 7.36. The fourth-order valence-electron chi connectivity index (χ4n) is 4.14. The highest BCUT2D eigenvalue weighted by atomic mass is 32.2. The molecule has 3 rings (SSSR count). The molecule has 0 amide bonds. The molecule has 1 aliphatic rings. The molecule has 0 saturated heterocycles. The van der Waals surface area contributed by atoms with E-state index in [1.165, 1.54) is 0 Å². The van der Waals surface area contributed by atoms with Crippen LogP contribution in [0.4, 0.5) is 0 Å². The van der Waals surface area contributed by atoms with Gasteiger partial charge in [-0.15, -0.1) is 0 Å². The third kappa shape index (κ3) is 5.11. The molecule has 0 radical (unpaired) electrons. The van der Waals surface area contributed by atoms with E-state index in [9.17, 15) is 16.8 Å². The van der Waals surface area contributed by atoms with E-state index in [2.05, 4.69) is 9.44 Å². The van der Waals surface area contributed by atoms with Crippen molar-refractivity contribution in [2.75, 3.05) is 0 Å². The number of nitrogens with one attached hydrogen (secondary N) is 2. The predicted octanol–water partition coefficient (Wildman–Crippen LogP) is 3.49. The van der Waals surface area contributed by atoms with E-state index in [1.54, 1.807) is 38.1 Å². The standard InChI is InChI=1S/C22H30N2O4S2/c1-15-9-11-21(17(3)13-15)29(25,26)23-19-7-5-6-8-20(19)24-30(27,28)22-12-10-16(2)14-18(22)4/h9-14,19-20,23-24H,5-8H2,1-4H3/t19-,20-/m1/s1. The summed E-state index contributed by atoms with van der Waals surface area (Å²) in [5.74, 6) is 0. The second kappa shape index (κ2) is 8.78. The Labute approximate surface area is 180 Å². The van der Waals surface area contributed by atoms with Gasteiger partial charge >= 0.3 is 0 Å². The average Bonchev–Trinajstić information content (AvgIpc) is 2.62. The zero-order valence-electron chi connectivity index (χ0n) is 17.9. The van der Waals surface area contributed by atoms with Crippen molar-refractivity contribution in [3.63, 3.8) is 0 Å². The van der Waals surface area contributed by atoms with Gasteiger partial charge in [-0.1, -0.05) is 48.2 Å². The van der Waals surface area contributed by atoms with Crippen LogP contribution in [0, 0.1) is 27.7 Å². The van der Waals surface area contributed by atoms with Gasteiger partial charge in [0.15, 0.2) is 0 Å². The molecular formula is C22H30N2O4S2.